The van der Waals surface area contributed by atoms with Crippen molar-refractivity contribution in [3.8, 4) is 0 Å². The molecular formula is C14H16Cl2N2O3. The zero-order chi connectivity index (χ0) is 15.7. The van der Waals surface area contributed by atoms with Crippen LogP contribution in [0.3, 0.4) is 0 Å². The summed E-state index contributed by atoms with van der Waals surface area (Å²) in [5.41, 5.74) is -0.128. The molecule has 1 amide bonds. The largest absolute Gasteiger partial charge is 0.335 e. The summed E-state index contributed by atoms with van der Waals surface area (Å²) in [4.78, 5) is 24.7. The van der Waals surface area contributed by atoms with Gasteiger partial charge in [-0.15, -0.1) is 0 Å². The molecule has 1 saturated heterocycles. The number of amides is 1. The van der Waals surface area contributed by atoms with Crippen molar-refractivity contribution in [1.29, 1.82) is 0 Å². The molecule has 1 aliphatic heterocycles. The minimum atomic E-state index is -0.580. The smallest absolute Gasteiger partial charge is 0.271 e. The number of nitro benzene ring substituents is 1. The molecule has 0 N–H and O–H groups in total. The van der Waals surface area contributed by atoms with Gasteiger partial charge in [0.25, 0.3) is 11.6 Å². The first-order valence-corrected chi connectivity index (χ1v) is 7.53. The van der Waals surface area contributed by atoms with E-state index >= 15 is 0 Å². The van der Waals surface area contributed by atoms with Crippen LogP contribution in [-0.4, -0.2) is 28.3 Å². The molecule has 114 valence electrons. The lowest BCUT2D eigenvalue weighted by molar-refractivity contribution is -0.384. The van der Waals surface area contributed by atoms with Gasteiger partial charge < -0.3 is 4.90 Å². The van der Waals surface area contributed by atoms with E-state index in [2.05, 4.69) is 13.8 Å². The fourth-order valence-electron chi connectivity index (χ4n) is 2.73. The highest BCUT2D eigenvalue weighted by molar-refractivity contribution is 6.44. The number of likely N-dealkylation sites (tertiary alicyclic amines) is 1. The van der Waals surface area contributed by atoms with Crippen molar-refractivity contribution in [3.05, 3.63) is 37.9 Å². The molecule has 1 heterocycles. The number of carbonyl (C=O) groups is 1. The van der Waals surface area contributed by atoms with E-state index in [4.69, 9.17) is 23.2 Å². The SMILES string of the molecule is CC(C)C1CCCN1C(=O)c1cc([N+](=O)[O-])cc(Cl)c1Cl. The van der Waals surface area contributed by atoms with Crippen LogP contribution in [0.1, 0.15) is 37.0 Å². The Hall–Kier alpha value is -1.33. The van der Waals surface area contributed by atoms with Crippen molar-refractivity contribution in [2.45, 2.75) is 32.7 Å². The van der Waals surface area contributed by atoms with Crippen molar-refractivity contribution in [1.82, 2.24) is 4.90 Å². The molecular weight excluding hydrogens is 315 g/mol. The number of nitro groups is 1. The van der Waals surface area contributed by atoms with Crippen LogP contribution in [0.4, 0.5) is 5.69 Å². The second kappa shape index (κ2) is 6.20. The van der Waals surface area contributed by atoms with Crippen molar-refractivity contribution < 1.29 is 9.72 Å². The molecule has 0 radical (unpaired) electrons. The molecule has 0 aliphatic carbocycles. The molecule has 0 spiro atoms. The predicted molar refractivity (Wildman–Crippen MR) is 82.0 cm³/mol. The fourth-order valence-corrected chi connectivity index (χ4v) is 3.13. The maximum Gasteiger partial charge on any atom is 0.271 e. The first-order valence-electron chi connectivity index (χ1n) is 6.77. The average molecular weight is 331 g/mol. The van der Waals surface area contributed by atoms with E-state index in [1.807, 2.05) is 0 Å². The summed E-state index contributed by atoms with van der Waals surface area (Å²) in [5.74, 6) is 0.0335. The van der Waals surface area contributed by atoms with E-state index in [1.54, 1.807) is 4.90 Å². The Morgan fingerprint density at radius 3 is 2.67 bits per heavy atom. The highest BCUT2D eigenvalue weighted by Gasteiger charge is 2.33. The fraction of sp³-hybridized carbons (Fsp3) is 0.500. The van der Waals surface area contributed by atoms with E-state index in [9.17, 15) is 14.9 Å². The van der Waals surface area contributed by atoms with Crippen molar-refractivity contribution in [2.75, 3.05) is 6.54 Å². The zero-order valence-electron chi connectivity index (χ0n) is 11.8. The van der Waals surface area contributed by atoms with Crippen LogP contribution in [0, 0.1) is 16.0 Å². The number of hydrogen-bond donors (Lipinski definition) is 0. The molecule has 21 heavy (non-hydrogen) atoms. The highest BCUT2D eigenvalue weighted by atomic mass is 35.5. The van der Waals surface area contributed by atoms with Crippen LogP contribution >= 0.6 is 23.2 Å². The standard InChI is InChI=1S/C14H16Cl2N2O3/c1-8(2)12-4-3-5-17(12)14(19)10-6-9(18(20)21)7-11(15)13(10)16/h6-8,12H,3-5H2,1-2H3. The summed E-state index contributed by atoms with van der Waals surface area (Å²) in [7, 11) is 0. The number of benzene rings is 1. The van der Waals surface area contributed by atoms with E-state index in [1.165, 1.54) is 6.07 Å². The van der Waals surface area contributed by atoms with Crippen molar-refractivity contribution in [3.63, 3.8) is 0 Å². The van der Waals surface area contributed by atoms with Crippen LogP contribution < -0.4 is 0 Å². The van der Waals surface area contributed by atoms with Gasteiger partial charge in [-0.2, -0.15) is 0 Å². The molecule has 1 aromatic rings. The van der Waals surface area contributed by atoms with Crippen LogP contribution in [0.5, 0.6) is 0 Å². The third-order valence-electron chi connectivity index (χ3n) is 3.78. The van der Waals surface area contributed by atoms with Crippen molar-refractivity contribution >= 4 is 34.8 Å². The molecule has 1 atom stereocenters. The third-order valence-corrected chi connectivity index (χ3v) is 4.59. The molecule has 5 nitrogen and oxygen atoms in total. The first kappa shape index (κ1) is 16.0. The van der Waals surface area contributed by atoms with Gasteiger partial charge in [-0.1, -0.05) is 37.0 Å². The van der Waals surface area contributed by atoms with E-state index in [0.29, 0.717) is 12.5 Å². The molecule has 7 heteroatoms. The van der Waals surface area contributed by atoms with Gasteiger partial charge in [0, 0.05) is 24.7 Å². The lowest BCUT2D eigenvalue weighted by Gasteiger charge is -2.28. The van der Waals surface area contributed by atoms with Gasteiger partial charge in [0.15, 0.2) is 0 Å². The monoisotopic (exact) mass is 330 g/mol. The Balaban J connectivity index is 2.41. The summed E-state index contributed by atoms with van der Waals surface area (Å²) < 4.78 is 0. The normalized spacial score (nSPS) is 18.3. The minimum Gasteiger partial charge on any atom is -0.335 e. The molecule has 0 bridgehead atoms. The van der Waals surface area contributed by atoms with E-state index in [0.717, 1.165) is 18.9 Å². The Kier molecular flexibility index (Phi) is 4.74. The van der Waals surface area contributed by atoms with E-state index < -0.39 is 4.92 Å². The lowest BCUT2D eigenvalue weighted by atomic mass is 10.0. The average Bonchev–Trinajstić information content (AvgIpc) is 2.90. The Morgan fingerprint density at radius 1 is 1.43 bits per heavy atom. The molecule has 0 aromatic heterocycles. The van der Waals surface area contributed by atoms with Crippen LogP contribution in [0.25, 0.3) is 0 Å². The Morgan fingerprint density at radius 2 is 2.10 bits per heavy atom. The molecule has 2 rings (SSSR count). The summed E-state index contributed by atoms with van der Waals surface area (Å²) >= 11 is 12.0. The molecule has 1 aromatic carbocycles. The molecule has 1 aliphatic rings. The van der Waals surface area contributed by atoms with Crippen LogP contribution in [0.15, 0.2) is 12.1 Å². The van der Waals surface area contributed by atoms with Gasteiger partial charge in [-0.05, 0) is 18.8 Å². The number of non-ortho nitro benzene ring substituents is 1. The predicted octanol–water partition coefficient (Wildman–Crippen LogP) is 4.16. The maximum atomic E-state index is 12.7. The van der Waals surface area contributed by atoms with Crippen LogP contribution in [-0.2, 0) is 0 Å². The lowest BCUT2D eigenvalue weighted by Crippen LogP contribution is -2.38. The minimum absolute atomic E-state index is 0.0227. The van der Waals surface area contributed by atoms with Gasteiger partial charge in [0.2, 0.25) is 0 Å². The summed E-state index contributed by atoms with van der Waals surface area (Å²) in [6.45, 7) is 4.74. The van der Waals surface area contributed by atoms with Crippen molar-refractivity contribution in [2.24, 2.45) is 5.92 Å². The summed E-state index contributed by atoms with van der Waals surface area (Å²) in [6, 6.07) is 2.49. The molecule has 1 unspecified atom stereocenters. The topological polar surface area (TPSA) is 63.5 Å². The van der Waals surface area contributed by atoms with Gasteiger partial charge in [-0.25, -0.2) is 0 Å². The first-order chi connectivity index (χ1) is 9.82. The number of carbonyl (C=O) groups excluding carboxylic acids is 1. The number of rotatable bonds is 3. The van der Waals surface area contributed by atoms with Gasteiger partial charge in [0.1, 0.15) is 0 Å². The molecule has 1 fully saturated rings. The zero-order valence-corrected chi connectivity index (χ0v) is 13.3. The third kappa shape index (κ3) is 3.14. The van der Waals surface area contributed by atoms with Gasteiger partial charge in [-0.3, -0.25) is 14.9 Å². The quantitative estimate of drug-likeness (QED) is 0.617. The summed E-state index contributed by atoms with van der Waals surface area (Å²) in [6.07, 6.45) is 1.86. The summed E-state index contributed by atoms with van der Waals surface area (Å²) in [5, 5.41) is 11.0. The van der Waals surface area contributed by atoms with E-state index in [-0.39, 0.29) is 33.2 Å². The second-order valence-electron chi connectivity index (χ2n) is 5.50. The Labute approximate surface area is 133 Å². The second-order valence-corrected chi connectivity index (χ2v) is 6.28. The van der Waals surface area contributed by atoms with Gasteiger partial charge in [0.05, 0.1) is 20.5 Å². The Bertz CT molecular complexity index is 590. The van der Waals surface area contributed by atoms with Gasteiger partial charge >= 0.3 is 0 Å². The highest BCUT2D eigenvalue weighted by Crippen LogP contribution is 2.34. The number of halogens is 2. The number of hydrogen-bond acceptors (Lipinski definition) is 3. The van der Waals surface area contributed by atoms with Crippen LogP contribution in [0.2, 0.25) is 10.0 Å². The number of nitrogens with zero attached hydrogens (tertiary/aromatic N) is 2. The maximum absolute atomic E-state index is 12.7. The molecule has 0 saturated carbocycles.